The number of rotatable bonds is 5. The van der Waals surface area contributed by atoms with Gasteiger partial charge in [0, 0.05) is 12.6 Å². The molecule has 2 atom stereocenters. The predicted octanol–water partition coefficient (Wildman–Crippen LogP) is 5.23. The van der Waals surface area contributed by atoms with Crippen molar-refractivity contribution in [1.29, 1.82) is 0 Å². The molecular formula is C19H22Cl2N2. The van der Waals surface area contributed by atoms with Gasteiger partial charge in [0.05, 0.1) is 0 Å². The van der Waals surface area contributed by atoms with Gasteiger partial charge in [-0.05, 0) is 55.5 Å². The largest absolute Gasteiger partial charge is 0.299 e. The normalized spacial score (nSPS) is 21.0. The fourth-order valence-corrected chi connectivity index (χ4v) is 4.27. The highest BCUT2D eigenvalue weighted by Gasteiger charge is 2.30. The summed E-state index contributed by atoms with van der Waals surface area (Å²) < 4.78 is 0. The van der Waals surface area contributed by atoms with Crippen LogP contribution in [0.25, 0.3) is 0 Å². The molecule has 122 valence electrons. The van der Waals surface area contributed by atoms with Crippen molar-refractivity contribution in [2.24, 2.45) is 5.92 Å². The Labute approximate surface area is 148 Å². The summed E-state index contributed by atoms with van der Waals surface area (Å²) in [6, 6.07) is 15.2. The number of benzene rings is 1. The first-order valence-corrected chi connectivity index (χ1v) is 8.93. The van der Waals surface area contributed by atoms with E-state index < -0.39 is 0 Å². The average Bonchev–Trinajstić information content (AvgIpc) is 2.95. The molecule has 0 spiro atoms. The molecule has 2 aromatic rings. The Bertz CT molecular complexity index is 625. The maximum absolute atomic E-state index is 6.02. The maximum atomic E-state index is 6.02. The van der Waals surface area contributed by atoms with Crippen molar-refractivity contribution in [3.8, 4) is 0 Å². The van der Waals surface area contributed by atoms with Gasteiger partial charge >= 0.3 is 0 Å². The summed E-state index contributed by atoms with van der Waals surface area (Å²) in [5, 5.41) is 0.932. The summed E-state index contributed by atoms with van der Waals surface area (Å²) in [5.41, 5.74) is 2.57. The number of pyridine rings is 1. The zero-order valence-electron chi connectivity index (χ0n) is 13.4. The van der Waals surface area contributed by atoms with E-state index >= 15 is 0 Å². The second kappa shape index (κ2) is 7.65. The first-order valence-electron chi connectivity index (χ1n) is 8.18. The van der Waals surface area contributed by atoms with Gasteiger partial charge in [-0.15, -0.1) is 0 Å². The first-order chi connectivity index (χ1) is 11.1. The molecular weight excluding hydrogens is 327 g/mol. The molecule has 0 radical (unpaired) electrons. The van der Waals surface area contributed by atoms with Crippen LogP contribution in [0.3, 0.4) is 0 Å². The van der Waals surface area contributed by atoms with Crippen LogP contribution in [0, 0.1) is 5.92 Å². The minimum absolute atomic E-state index is 0.466. The van der Waals surface area contributed by atoms with Crippen LogP contribution in [0.2, 0.25) is 10.3 Å². The summed E-state index contributed by atoms with van der Waals surface area (Å²) in [7, 11) is 2.20. The van der Waals surface area contributed by atoms with Crippen LogP contribution in [0.4, 0.5) is 0 Å². The highest BCUT2D eigenvalue weighted by atomic mass is 35.5. The van der Waals surface area contributed by atoms with Crippen molar-refractivity contribution in [2.45, 2.75) is 38.3 Å². The monoisotopic (exact) mass is 348 g/mol. The lowest BCUT2D eigenvalue weighted by atomic mass is 9.93. The third-order valence-corrected chi connectivity index (χ3v) is 5.17. The third-order valence-electron chi connectivity index (χ3n) is 4.78. The zero-order valence-corrected chi connectivity index (χ0v) is 14.9. The number of aromatic nitrogens is 1. The fraction of sp³-hybridized carbons (Fsp3) is 0.421. The molecule has 1 aliphatic carbocycles. The molecule has 2 unspecified atom stereocenters. The van der Waals surface area contributed by atoms with Crippen LogP contribution < -0.4 is 0 Å². The Morgan fingerprint density at radius 2 is 1.74 bits per heavy atom. The van der Waals surface area contributed by atoms with E-state index in [-0.39, 0.29) is 0 Å². The van der Waals surface area contributed by atoms with E-state index in [1.807, 2.05) is 12.1 Å². The predicted molar refractivity (Wildman–Crippen MR) is 97.0 cm³/mol. The summed E-state index contributed by atoms with van der Waals surface area (Å²) >= 11 is 12.0. The van der Waals surface area contributed by atoms with Gasteiger partial charge in [-0.3, -0.25) is 4.90 Å². The minimum Gasteiger partial charge on any atom is -0.299 e. The van der Waals surface area contributed by atoms with E-state index in [0.717, 1.165) is 24.4 Å². The maximum Gasteiger partial charge on any atom is 0.131 e. The lowest BCUT2D eigenvalue weighted by Gasteiger charge is -2.30. The topological polar surface area (TPSA) is 16.1 Å². The SMILES string of the molecule is CN(Cc1cc(Cl)nc(Cl)c1)C1CCCC1Cc1ccccc1. The van der Waals surface area contributed by atoms with Crippen LogP contribution in [-0.2, 0) is 13.0 Å². The van der Waals surface area contributed by atoms with E-state index in [2.05, 4.69) is 47.3 Å². The number of hydrogen-bond donors (Lipinski definition) is 0. The molecule has 0 aliphatic heterocycles. The highest BCUT2D eigenvalue weighted by molar-refractivity contribution is 6.32. The molecule has 1 saturated carbocycles. The van der Waals surface area contributed by atoms with Gasteiger partial charge in [0.25, 0.3) is 0 Å². The molecule has 0 amide bonds. The summed E-state index contributed by atoms with van der Waals surface area (Å²) in [4.78, 5) is 6.47. The van der Waals surface area contributed by atoms with E-state index in [0.29, 0.717) is 16.3 Å². The van der Waals surface area contributed by atoms with Gasteiger partial charge in [-0.2, -0.15) is 0 Å². The second-order valence-electron chi connectivity index (χ2n) is 6.48. The molecule has 1 aliphatic rings. The molecule has 1 fully saturated rings. The second-order valence-corrected chi connectivity index (χ2v) is 7.26. The Morgan fingerprint density at radius 1 is 1.04 bits per heavy atom. The van der Waals surface area contributed by atoms with E-state index in [1.54, 1.807) is 0 Å². The van der Waals surface area contributed by atoms with Gasteiger partial charge in [0.1, 0.15) is 10.3 Å². The molecule has 0 N–H and O–H groups in total. The molecule has 3 rings (SSSR count). The van der Waals surface area contributed by atoms with Crippen LogP contribution in [0.5, 0.6) is 0 Å². The summed E-state index contributed by atoms with van der Waals surface area (Å²) in [6.07, 6.45) is 5.04. The van der Waals surface area contributed by atoms with Gasteiger partial charge < -0.3 is 0 Å². The Balaban J connectivity index is 1.66. The quantitative estimate of drug-likeness (QED) is 0.687. The average molecular weight is 349 g/mol. The summed E-state index contributed by atoms with van der Waals surface area (Å²) in [5.74, 6) is 0.718. The van der Waals surface area contributed by atoms with Gasteiger partial charge in [-0.1, -0.05) is 60.0 Å². The molecule has 1 heterocycles. The molecule has 0 bridgehead atoms. The highest BCUT2D eigenvalue weighted by Crippen LogP contribution is 2.33. The smallest absolute Gasteiger partial charge is 0.131 e. The van der Waals surface area contributed by atoms with E-state index in [4.69, 9.17) is 23.2 Å². The van der Waals surface area contributed by atoms with Crippen molar-refractivity contribution in [3.63, 3.8) is 0 Å². The lowest BCUT2D eigenvalue weighted by Crippen LogP contribution is -2.35. The first kappa shape index (κ1) is 16.8. The van der Waals surface area contributed by atoms with Crippen molar-refractivity contribution < 1.29 is 0 Å². The van der Waals surface area contributed by atoms with E-state index in [1.165, 1.54) is 24.8 Å². The molecule has 23 heavy (non-hydrogen) atoms. The minimum atomic E-state index is 0.466. The number of nitrogens with zero attached hydrogens (tertiary/aromatic N) is 2. The van der Waals surface area contributed by atoms with Crippen molar-refractivity contribution >= 4 is 23.2 Å². The van der Waals surface area contributed by atoms with E-state index in [9.17, 15) is 0 Å². The van der Waals surface area contributed by atoms with Crippen molar-refractivity contribution in [2.75, 3.05) is 7.05 Å². The van der Waals surface area contributed by atoms with Crippen molar-refractivity contribution in [1.82, 2.24) is 9.88 Å². The molecule has 1 aromatic heterocycles. The molecule has 2 nitrogen and oxygen atoms in total. The summed E-state index contributed by atoms with van der Waals surface area (Å²) in [6.45, 7) is 0.859. The van der Waals surface area contributed by atoms with Crippen LogP contribution in [0.1, 0.15) is 30.4 Å². The van der Waals surface area contributed by atoms with Crippen LogP contribution >= 0.6 is 23.2 Å². The number of hydrogen-bond acceptors (Lipinski definition) is 2. The van der Waals surface area contributed by atoms with Crippen LogP contribution in [-0.4, -0.2) is 23.0 Å². The third kappa shape index (κ3) is 4.47. The molecule has 4 heteroatoms. The fourth-order valence-electron chi connectivity index (χ4n) is 3.76. The lowest BCUT2D eigenvalue weighted by molar-refractivity contribution is 0.189. The standard InChI is InChI=1S/C19H22Cl2N2/c1-23(13-15-11-18(20)22-19(21)12-15)17-9-5-8-16(17)10-14-6-3-2-4-7-14/h2-4,6-7,11-12,16-17H,5,8-10,13H2,1H3. The van der Waals surface area contributed by atoms with Crippen LogP contribution in [0.15, 0.2) is 42.5 Å². The molecule has 0 saturated heterocycles. The van der Waals surface area contributed by atoms with Gasteiger partial charge in [0.2, 0.25) is 0 Å². The Kier molecular flexibility index (Phi) is 5.58. The molecule has 1 aromatic carbocycles. The Hall–Kier alpha value is -1.09. The van der Waals surface area contributed by atoms with Gasteiger partial charge in [0.15, 0.2) is 0 Å². The zero-order chi connectivity index (χ0) is 16.2. The Morgan fingerprint density at radius 3 is 2.43 bits per heavy atom. The van der Waals surface area contributed by atoms with Gasteiger partial charge in [-0.25, -0.2) is 4.98 Å². The van der Waals surface area contributed by atoms with Crippen molar-refractivity contribution in [3.05, 3.63) is 63.9 Å². The number of halogens is 2.